The molecule has 1 atom stereocenters. The van der Waals surface area contributed by atoms with Gasteiger partial charge in [-0.25, -0.2) is 0 Å². The van der Waals surface area contributed by atoms with E-state index in [1.54, 1.807) is 18.3 Å². The number of nitrogens with one attached hydrogen (secondary N) is 1. The van der Waals surface area contributed by atoms with Crippen LogP contribution < -0.4 is 5.32 Å². The Morgan fingerprint density at radius 2 is 2.05 bits per heavy atom. The number of amides is 1. The first-order valence-electron chi connectivity index (χ1n) is 6.74. The van der Waals surface area contributed by atoms with E-state index < -0.39 is 11.7 Å². The third-order valence-electron chi connectivity index (χ3n) is 2.97. The van der Waals surface area contributed by atoms with Crippen LogP contribution in [0, 0.1) is 6.92 Å². The van der Waals surface area contributed by atoms with Gasteiger partial charge in [-0.1, -0.05) is 6.07 Å². The van der Waals surface area contributed by atoms with Crippen molar-refractivity contribution in [1.29, 1.82) is 0 Å². The van der Waals surface area contributed by atoms with E-state index in [1.807, 2.05) is 32.0 Å². The van der Waals surface area contributed by atoms with Crippen molar-refractivity contribution in [3.8, 4) is 0 Å². The largest absolute Gasteiger partial charge is 0.346 e. The number of carbonyl (C=O) groups is 2. The first kappa shape index (κ1) is 14.8. The van der Waals surface area contributed by atoms with Crippen LogP contribution in [0.15, 0.2) is 42.7 Å². The fourth-order valence-corrected chi connectivity index (χ4v) is 2.00. The van der Waals surface area contributed by atoms with Crippen molar-refractivity contribution in [2.24, 2.45) is 0 Å². The number of Topliss-reactive ketones (excluding diaryl/α,β-unsaturated/α-hetero) is 1. The summed E-state index contributed by atoms with van der Waals surface area (Å²) < 4.78 is 0. The average molecular weight is 283 g/mol. The van der Waals surface area contributed by atoms with Gasteiger partial charge in [0, 0.05) is 41.8 Å². The zero-order valence-electron chi connectivity index (χ0n) is 12.0. The molecule has 1 N–H and O–H groups in total. The minimum atomic E-state index is -0.622. The SMILES string of the molecule is Cc1cccc(CC(C)NC(=O)C(=O)c2cccnc2)n1. The van der Waals surface area contributed by atoms with Gasteiger partial charge >= 0.3 is 0 Å². The van der Waals surface area contributed by atoms with Crippen LogP contribution in [0.1, 0.15) is 28.7 Å². The van der Waals surface area contributed by atoms with Gasteiger partial charge in [0.25, 0.3) is 11.7 Å². The molecule has 0 saturated carbocycles. The Morgan fingerprint density at radius 1 is 1.24 bits per heavy atom. The van der Waals surface area contributed by atoms with Crippen LogP contribution in [0.4, 0.5) is 0 Å². The van der Waals surface area contributed by atoms with Crippen molar-refractivity contribution in [1.82, 2.24) is 15.3 Å². The molecule has 2 aromatic rings. The second-order valence-corrected chi connectivity index (χ2v) is 4.92. The third-order valence-corrected chi connectivity index (χ3v) is 2.97. The van der Waals surface area contributed by atoms with Crippen LogP contribution in [-0.2, 0) is 11.2 Å². The quantitative estimate of drug-likeness (QED) is 0.670. The average Bonchev–Trinajstić information content (AvgIpc) is 2.47. The summed E-state index contributed by atoms with van der Waals surface area (Å²) in [5, 5.41) is 2.69. The van der Waals surface area contributed by atoms with Crippen LogP contribution in [0.25, 0.3) is 0 Å². The molecule has 0 aromatic carbocycles. The Kier molecular flexibility index (Phi) is 4.77. The Hall–Kier alpha value is -2.56. The van der Waals surface area contributed by atoms with Crippen LogP contribution in [0.5, 0.6) is 0 Å². The summed E-state index contributed by atoms with van der Waals surface area (Å²) in [7, 11) is 0. The highest BCUT2D eigenvalue weighted by molar-refractivity contribution is 6.42. The minimum absolute atomic E-state index is 0.174. The number of rotatable bonds is 5. The van der Waals surface area contributed by atoms with Gasteiger partial charge in [0.1, 0.15) is 0 Å². The van der Waals surface area contributed by atoms with Crippen LogP contribution in [-0.4, -0.2) is 27.7 Å². The van der Waals surface area contributed by atoms with E-state index >= 15 is 0 Å². The van der Waals surface area contributed by atoms with E-state index in [-0.39, 0.29) is 11.6 Å². The number of aromatic nitrogens is 2. The van der Waals surface area contributed by atoms with E-state index in [0.29, 0.717) is 6.42 Å². The molecule has 0 fully saturated rings. The highest BCUT2D eigenvalue weighted by Gasteiger charge is 2.18. The normalized spacial score (nSPS) is 11.7. The molecule has 21 heavy (non-hydrogen) atoms. The smallest absolute Gasteiger partial charge is 0.292 e. The molecule has 5 nitrogen and oxygen atoms in total. The molecule has 0 aliphatic rings. The van der Waals surface area contributed by atoms with E-state index in [0.717, 1.165) is 11.4 Å². The Balaban J connectivity index is 1.95. The maximum absolute atomic E-state index is 11.9. The van der Waals surface area contributed by atoms with E-state index in [9.17, 15) is 9.59 Å². The molecule has 0 saturated heterocycles. The van der Waals surface area contributed by atoms with Crippen molar-refractivity contribution in [3.63, 3.8) is 0 Å². The lowest BCUT2D eigenvalue weighted by molar-refractivity contribution is -0.117. The fraction of sp³-hybridized carbons (Fsp3) is 0.250. The number of aryl methyl sites for hydroxylation is 1. The summed E-state index contributed by atoms with van der Waals surface area (Å²) in [6.07, 6.45) is 3.52. The highest BCUT2D eigenvalue weighted by Crippen LogP contribution is 2.03. The molecule has 2 aromatic heterocycles. The number of hydrogen-bond acceptors (Lipinski definition) is 4. The molecular weight excluding hydrogens is 266 g/mol. The molecule has 1 unspecified atom stereocenters. The Morgan fingerprint density at radius 3 is 2.71 bits per heavy atom. The molecule has 0 spiro atoms. The van der Waals surface area contributed by atoms with Crippen molar-refractivity contribution < 1.29 is 9.59 Å². The third kappa shape index (κ3) is 4.21. The summed E-state index contributed by atoms with van der Waals surface area (Å²) in [6, 6.07) is 8.76. The zero-order chi connectivity index (χ0) is 15.2. The first-order chi connectivity index (χ1) is 10.1. The van der Waals surface area contributed by atoms with Crippen LogP contribution in [0.3, 0.4) is 0 Å². The van der Waals surface area contributed by atoms with Crippen LogP contribution >= 0.6 is 0 Å². The molecule has 108 valence electrons. The number of pyridine rings is 2. The highest BCUT2D eigenvalue weighted by atomic mass is 16.2. The Bertz CT molecular complexity index is 641. The maximum atomic E-state index is 11.9. The van der Waals surface area contributed by atoms with E-state index in [1.165, 1.54) is 6.20 Å². The molecular formula is C16H17N3O2. The predicted octanol–water partition coefficient (Wildman–Crippen LogP) is 1.72. The molecule has 0 aliphatic heterocycles. The van der Waals surface area contributed by atoms with Gasteiger partial charge < -0.3 is 5.32 Å². The summed E-state index contributed by atoms with van der Waals surface area (Å²) in [4.78, 5) is 32.0. The molecule has 2 rings (SSSR count). The lowest BCUT2D eigenvalue weighted by Crippen LogP contribution is -2.39. The van der Waals surface area contributed by atoms with Gasteiger partial charge in [-0.05, 0) is 38.1 Å². The van der Waals surface area contributed by atoms with E-state index in [4.69, 9.17) is 0 Å². The van der Waals surface area contributed by atoms with Crippen molar-refractivity contribution in [2.45, 2.75) is 26.3 Å². The molecule has 2 heterocycles. The second-order valence-electron chi connectivity index (χ2n) is 4.92. The lowest BCUT2D eigenvalue weighted by atomic mass is 10.1. The van der Waals surface area contributed by atoms with Crippen molar-refractivity contribution in [2.75, 3.05) is 0 Å². The monoisotopic (exact) mass is 283 g/mol. The Labute approximate surface area is 123 Å². The lowest BCUT2D eigenvalue weighted by Gasteiger charge is -2.13. The molecule has 5 heteroatoms. The first-order valence-corrected chi connectivity index (χ1v) is 6.74. The number of nitrogens with zero attached hydrogens (tertiary/aromatic N) is 2. The number of ketones is 1. The summed E-state index contributed by atoms with van der Waals surface area (Å²) in [6.45, 7) is 3.76. The molecule has 0 aliphatic carbocycles. The van der Waals surface area contributed by atoms with Gasteiger partial charge in [-0.3, -0.25) is 19.6 Å². The van der Waals surface area contributed by atoms with E-state index in [2.05, 4.69) is 15.3 Å². The summed E-state index contributed by atoms with van der Waals surface area (Å²) in [5.41, 5.74) is 2.10. The van der Waals surface area contributed by atoms with Crippen molar-refractivity contribution >= 4 is 11.7 Å². The standard InChI is InChI=1S/C16H17N3O2/c1-11-5-3-7-14(18-11)9-12(2)19-16(21)15(20)13-6-4-8-17-10-13/h3-8,10,12H,9H2,1-2H3,(H,19,21). The number of hydrogen-bond donors (Lipinski definition) is 1. The topological polar surface area (TPSA) is 72.0 Å². The minimum Gasteiger partial charge on any atom is -0.346 e. The number of carbonyl (C=O) groups excluding carboxylic acids is 2. The van der Waals surface area contributed by atoms with Gasteiger partial charge in [0.15, 0.2) is 0 Å². The molecule has 1 amide bonds. The van der Waals surface area contributed by atoms with Gasteiger partial charge in [-0.15, -0.1) is 0 Å². The fourth-order valence-electron chi connectivity index (χ4n) is 2.00. The predicted molar refractivity (Wildman–Crippen MR) is 78.9 cm³/mol. The van der Waals surface area contributed by atoms with Gasteiger partial charge in [0.2, 0.25) is 0 Å². The second kappa shape index (κ2) is 6.74. The molecule has 0 bridgehead atoms. The van der Waals surface area contributed by atoms with Gasteiger partial charge in [-0.2, -0.15) is 0 Å². The molecule has 0 radical (unpaired) electrons. The van der Waals surface area contributed by atoms with Crippen LogP contribution in [0.2, 0.25) is 0 Å². The summed E-state index contributed by atoms with van der Waals surface area (Å²) >= 11 is 0. The zero-order valence-corrected chi connectivity index (χ0v) is 12.0. The summed E-state index contributed by atoms with van der Waals surface area (Å²) in [5.74, 6) is -1.20. The van der Waals surface area contributed by atoms with Crippen molar-refractivity contribution in [3.05, 3.63) is 59.7 Å². The maximum Gasteiger partial charge on any atom is 0.292 e. The van der Waals surface area contributed by atoms with Gasteiger partial charge in [0.05, 0.1) is 0 Å².